The summed E-state index contributed by atoms with van der Waals surface area (Å²) in [7, 11) is 0. The van der Waals surface area contributed by atoms with Crippen molar-refractivity contribution in [3.63, 3.8) is 0 Å². The van der Waals surface area contributed by atoms with Crippen molar-refractivity contribution in [2.45, 2.75) is 64.1 Å². The van der Waals surface area contributed by atoms with Gasteiger partial charge in [0.1, 0.15) is 11.6 Å². The average molecular weight is 524 g/mol. The van der Waals surface area contributed by atoms with E-state index in [4.69, 9.17) is 10.1 Å². The summed E-state index contributed by atoms with van der Waals surface area (Å²) in [6.45, 7) is 5.23. The summed E-state index contributed by atoms with van der Waals surface area (Å²) in [5.74, 6) is 2.59. The molecule has 1 aliphatic heterocycles. The molecule has 1 atom stereocenters. The number of fused-ring (bicyclic) bond motifs is 1. The molecule has 8 heteroatoms. The Morgan fingerprint density at radius 1 is 1.10 bits per heavy atom. The number of amides is 1. The van der Waals surface area contributed by atoms with Gasteiger partial charge in [0, 0.05) is 36.9 Å². The van der Waals surface area contributed by atoms with Gasteiger partial charge in [0.2, 0.25) is 5.91 Å². The fourth-order valence-corrected chi connectivity index (χ4v) is 6.03. The highest BCUT2D eigenvalue weighted by atomic mass is 16.2. The van der Waals surface area contributed by atoms with Gasteiger partial charge in [0.05, 0.1) is 13.0 Å². The zero-order chi connectivity index (χ0) is 26.6. The van der Waals surface area contributed by atoms with Gasteiger partial charge in [-0.1, -0.05) is 55.3 Å². The molecule has 2 N–H and O–H groups in total. The summed E-state index contributed by atoms with van der Waals surface area (Å²) < 4.78 is 1.94. The Bertz CT molecular complexity index is 1430. The van der Waals surface area contributed by atoms with E-state index in [1.165, 1.54) is 18.2 Å². The molecule has 6 rings (SSSR count). The van der Waals surface area contributed by atoms with Crippen LogP contribution in [0.2, 0.25) is 0 Å². The van der Waals surface area contributed by atoms with E-state index in [0.717, 1.165) is 60.5 Å². The summed E-state index contributed by atoms with van der Waals surface area (Å²) in [6.07, 6.45) is 7.84. The largest absolute Gasteiger partial charge is 0.366 e. The first kappa shape index (κ1) is 25.5. The van der Waals surface area contributed by atoms with E-state index in [0.29, 0.717) is 37.4 Å². The molecule has 0 radical (unpaired) electrons. The van der Waals surface area contributed by atoms with Crippen LogP contribution in [-0.4, -0.2) is 62.3 Å². The van der Waals surface area contributed by atoms with Crippen molar-refractivity contribution in [3.05, 3.63) is 72.2 Å². The third-order valence-corrected chi connectivity index (χ3v) is 8.15. The average Bonchev–Trinajstić information content (AvgIpc) is 3.73. The van der Waals surface area contributed by atoms with Crippen molar-refractivity contribution in [2.24, 2.45) is 0 Å². The second-order valence-electron chi connectivity index (χ2n) is 10.8. The van der Waals surface area contributed by atoms with Crippen molar-refractivity contribution in [3.8, 4) is 11.4 Å². The van der Waals surface area contributed by atoms with E-state index >= 15 is 0 Å². The molecule has 8 nitrogen and oxygen atoms in total. The van der Waals surface area contributed by atoms with Crippen LogP contribution in [0, 0.1) is 6.92 Å². The summed E-state index contributed by atoms with van der Waals surface area (Å²) in [5, 5.41) is 14.1. The van der Waals surface area contributed by atoms with Gasteiger partial charge in [-0.2, -0.15) is 5.10 Å². The Balaban J connectivity index is 1.17. The fourth-order valence-electron chi connectivity index (χ4n) is 6.03. The predicted molar refractivity (Wildman–Crippen MR) is 155 cm³/mol. The lowest BCUT2D eigenvalue weighted by molar-refractivity contribution is -0.132. The molecule has 1 aliphatic carbocycles. The molecular weight excluding hydrogens is 486 g/mol. The minimum absolute atomic E-state index is 0.197. The third-order valence-electron chi connectivity index (χ3n) is 8.15. The maximum Gasteiger partial charge on any atom is 0.227 e. The van der Waals surface area contributed by atoms with Crippen molar-refractivity contribution in [1.29, 1.82) is 0 Å². The van der Waals surface area contributed by atoms with Crippen molar-refractivity contribution in [1.82, 2.24) is 30.0 Å². The van der Waals surface area contributed by atoms with Crippen LogP contribution in [0.5, 0.6) is 0 Å². The second kappa shape index (κ2) is 11.5. The topological polar surface area (TPSA) is 88.0 Å². The lowest BCUT2D eigenvalue weighted by Crippen LogP contribution is -2.42. The van der Waals surface area contributed by atoms with Crippen LogP contribution >= 0.6 is 0 Å². The van der Waals surface area contributed by atoms with Gasteiger partial charge in [-0.15, -0.1) is 0 Å². The Morgan fingerprint density at radius 2 is 1.95 bits per heavy atom. The normalized spacial score (nSPS) is 17.6. The van der Waals surface area contributed by atoms with Crippen LogP contribution in [-0.2, 0) is 17.8 Å². The number of hydrogen-bond donors (Lipinski definition) is 2. The first-order valence-electron chi connectivity index (χ1n) is 14.3. The fraction of sp³-hybridized carbons (Fsp3) is 0.419. The van der Waals surface area contributed by atoms with E-state index < -0.39 is 0 Å². The predicted octanol–water partition coefficient (Wildman–Crippen LogP) is 4.59. The zero-order valence-electron chi connectivity index (χ0n) is 22.6. The van der Waals surface area contributed by atoms with E-state index in [1.807, 2.05) is 42.1 Å². The highest BCUT2D eigenvalue weighted by Crippen LogP contribution is 2.26. The number of nitrogens with one attached hydrogen (secondary N) is 2. The number of carbonyl (C=O) groups is 1. The Labute approximate surface area is 229 Å². The standard InChI is InChI=1S/C31H37N7O/c1-22-34-31(25-13-16-33-29(19-25)35-26-14-15-32-21-26)36-38(22)18-17-37(27-10-3-4-11-27)30(39)20-24-9-6-8-23-7-2-5-12-28(23)24/h2,5-9,12-13,16,19,26-27,32H,3-4,10-11,14-15,17-18,20-21H2,1H3,(H,33,35)/t26-/m1/s1. The minimum atomic E-state index is 0.197. The highest BCUT2D eigenvalue weighted by molar-refractivity contribution is 5.90. The molecule has 0 spiro atoms. The van der Waals surface area contributed by atoms with Crippen LogP contribution in [0.1, 0.15) is 43.5 Å². The number of aromatic nitrogens is 4. The van der Waals surface area contributed by atoms with E-state index in [-0.39, 0.29) is 5.91 Å². The Kier molecular flexibility index (Phi) is 7.54. The molecule has 3 heterocycles. The van der Waals surface area contributed by atoms with Crippen LogP contribution in [0.15, 0.2) is 60.8 Å². The first-order valence-corrected chi connectivity index (χ1v) is 14.3. The quantitative estimate of drug-likeness (QED) is 0.334. The third kappa shape index (κ3) is 5.81. The molecule has 0 bridgehead atoms. The van der Waals surface area contributed by atoms with E-state index in [2.05, 4.69) is 50.8 Å². The van der Waals surface area contributed by atoms with Crippen molar-refractivity contribution >= 4 is 22.5 Å². The molecule has 2 aromatic carbocycles. The Hall–Kier alpha value is -3.78. The summed E-state index contributed by atoms with van der Waals surface area (Å²) in [4.78, 5) is 25.1. The zero-order valence-corrected chi connectivity index (χ0v) is 22.6. The number of rotatable bonds is 9. The molecule has 1 amide bonds. The van der Waals surface area contributed by atoms with E-state index in [9.17, 15) is 4.79 Å². The van der Waals surface area contributed by atoms with Crippen LogP contribution in [0.3, 0.4) is 0 Å². The maximum atomic E-state index is 13.7. The van der Waals surface area contributed by atoms with Gasteiger partial charge in [0.25, 0.3) is 0 Å². The van der Waals surface area contributed by atoms with Gasteiger partial charge in [-0.05, 0) is 61.2 Å². The van der Waals surface area contributed by atoms with Crippen LogP contribution in [0.25, 0.3) is 22.2 Å². The molecule has 2 fully saturated rings. The maximum absolute atomic E-state index is 13.7. The summed E-state index contributed by atoms with van der Waals surface area (Å²) >= 11 is 0. The second-order valence-corrected chi connectivity index (χ2v) is 10.8. The number of nitrogens with zero attached hydrogens (tertiary/aromatic N) is 5. The number of hydrogen-bond acceptors (Lipinski definition) is 6. The molecule has 4 aromatic rings. The molecule has 1 saturated carbocycles. The van der Waals surface area contributed by atoms with E-state index in [1.54, 1.807) is 0 Å². The number of carbonyl (C=O) groups excluding carboxylic acids is 1. The van der Waals surface area contributed by atoms with Crippen LogP contribution in [0.4, 0.5) is 5.82 Å². The summed E-state index contributed by atoms with van der Waals surface area (Å²) in [6, 6.07) is 19.2. The monoisotopic (exact) mass is 523 g/mol. The van der Waals surface area contributed by atoms with Crippen molar-refractivity contribution < 1.29 is 4.79 Å². The van der Waals surface area contributed by atoms with Gasteiger partial charge in [-0.25, -0.2) is 14.6 Å². The number of benzene rings is 2. The molecule has 202 valence electrons. The molecule has 1 saturated heterocycles. The number of pyridine rings is 1. The van der Waals surface area contributed by atoms with Gasteiger partial charge in [-0.3, -0.25) is 4.79 Å². The smallest absolute Gasteiger partial charge is 0.227 e. The Morgan fingerprint density at radius 3 is 2.79 bits per heavy atom. The van der Waals surface area contributed by atoms with Gasteiger partial charge in [0.15, 0.2) is 5.82 Å². The van der Waals surface area contributed by atoms with Gasteiger partial charge < -0.3 is 15.5 Å². The molecule has 0 unspecified atom stereocenters. The highest BCUT2D eigenvalue weighted by Gasteiger charge is 2.27. The lowest BCUT2D eigenvalue weighted by atomic mass is 10.0. The number of anilines is 1. The van der Waals surface area contributed by atoms with Crippen molar-refractivity contribution in [2.75, 3.05) is 25.0 Å². The van der Waals surface area contributed by atoms with Crippen LogP contribution < -0.4 is 10.6 Å². The number of aryl methyl sites for hydroxylation is 1. The molecule has 2 aliphatic rings. The molecule has 2 aromatic heterocycles. The first-order chi connectivity index (χ1) is 19.1. The summed E-state index contributed by atoms with van der Waals surface area (Å²) in [5.41, 5.74) is 2.04. The van der Waals surface area contributed by atoms with Gasteiger partial charge >= 0.3 is 0 Å². The molecular formula is C31H37N7O. The SMILES string of the molecule is Cc1nc(-c2ccnc(N[C@@H]3CCNC3)c2)nn1CCN(C(=O)Cc1cccc2ccccc12)C1CCCC1. The molecule has 39 heavy (non-hydrogen) atoms. The minimum Gasteiger partial charge on any atom is -0.366 e. The lowest BCUT2D eigenvalue weighted by Gasteiger charge is -2.29.